The topological polar surface area (TPSA) is 118 Å². The smallest absolute Gasteiger partial charge is 0.289 e. The van der Waals surface area contributed by atoms with Crippen LogP contribution in [0.2, 0.25) is 0 Å². The minimum Gasteiger partial charge on any atom is -0.358 e. The van der Waals surface area contributed by atoms with Crippen LogP contribution in [0.4, 0.5) is 5.69 Å². The molecule has 110 valence electrons. The van der Waals surface area contributed by atoms with E-state index in [1.54, 1.807) is 0 Å². The van der Waals surface area contributed by atoms with Gasteiger partial charge < -0.3 is 5.32 Å². The summed E-state index contributed by atoms with van der Waals surface area (Å²) in [5.41, 5.74) is -0.565. The highest BCUT2D eigenvalue weighted by Gasteiger charge is 2.28. The average Bonchev–Trinajstić information content (AvgIpc) is 2.36. The fraction of sp³-hybridized carbons (Fsp3) is 0.300. The number of carbonyl (C=O) groups excluding carboxylic acids is 1. The first-order valence-electron chi connectivity index (χ1n) is 5.37. The summed E-state index contributed by atoms with van der Waals surface area (Å²) in [4.78, 5) is 20.9. The van der Waals surface area contributed by atoms with Gasteiger partial charge in [0.25, 0.3) is 5.69 Å². The van der Waals surface area contributed by atoms with Gasteiger partial charge in [-0.05, 0) is 19.1 Å². The summed E-state index contributed by atoms with van der Waals surface area (Å²) < 4.78 is 26.7. The summed E-state index contributed by atoms with van der Waals surface area (Å²) in [5.74, 6) is -0.550. The number of amides is 1. The van der Waals surface area contributed by atoms with Crippen molar-refractivity contribution >= 4 is 37.5 Å². The van der Waals surface area contributed by atoms with Crippen LogP contribution in [0.1, 0.15) is 6.92 Å². The zero-order valence-corrected chi connectivity index (χ0v) is 13.0. The number of nitro benzene ring substituents is 1. The van der Waals surface area contributed by atoms with Crippen LogP contribution in [0.15, 0.2) is 27.6 Å². The lowest BCUT2D eigenvalue weighted by atomic mass is 10.3. The number of carbonyl (C=O) groups is 1. The van der Waals surface area contributed by atoms with Gasteiger partial charge in [-0.3, -0.25) is 14.9 Å². The van der Waals surface area contributed by atoms with Gasteiger partial charge in [0.05, 0.1) is 11.0 Å². The van der Waals surface area contributed by atoms with Gasteiger partial charge in [-0.2, -0.15) is 4.72 Å². The molecular formula is C10H12BrN3O5S. The van der Waals surface area contributed by atoms with Crippen LogP contribution < -0.4 is 10.0 Å². The number of likely N-dealkylation sites (N-methyl/N-ethyl adjacent to an activating group) is 1. The molecule has 0 fully saturated rings. The summed E-state index contributed by atoms with van der Waals surface area (Å²) in [5, 5.41) is 13.2. The highest BCUT2D eigenvalue weighted by molar-refractivity contribution is 9.10. The van der Waals surface area contributed by atoms with Crippen molar-refractivity contribution in [3.63, 3.8) is 0 Å². The highest BCUT2D eigenvalue weighted by Crippen LogP contribution is 2.27. The van der Waals surface area contributed by atoms with Gasteiger partial charge in [-0.25, -0.2) is 8.42 Å². The predicted octanol–water partition coefficient (Wildman–Crippen LogP) is 0.770. The summed E-state index contributed by atoms with van der Waals surface area (Å²) in [6, 6.07) is 2.49. The number of nitrogens with zero attached hydrogens (tertiary/aromatic N) is 1. The molecular weight excluding hydrogens is 354 g/mol. The Morgan fingerprint density at radius 3 is 2.55 bits per heavy atom. The van der Waals surface area contributed by atoms with E-state index in [9.17, 15) is 23.3 Å². The zero-order valence-electron chi connectivity index (χ0n) is 10.6. The van der Waals surface area contributed by atoms with E-state index < -0.39 is 37.5 Å². The predicted molar refractivity (Wildman–Crippen MR) is 74.6 cm³/mol. The van der Waals surface area contributed by atoms with E-state index >= 15 is 0 Å². The summed E-state index contributed by atoms with van der Waals surface area (Å²) in [6.45, 7) is 1.33. The molecule has 20 heavy (non-hydrogen) atoms. The van der Waals surface area contributed by atoms with E-state index in [1.807, 2.05) is 0 Å². The van der Waals surface area contributed by atoms with Gasteiger partial charge in [0.2, 0.25) is 15.9 Å². The molecule has 0 saturated heterocycles. The zero-order chi connectivity index (χ0) is 15.5. The molecule has 0 aromatic heterocycles. The quantitative estimate of drug-likeness (QED) is 0.589. The van der Waals surface area contributed by atoms with Crippen LogP contribution in [0.3, 0.4) is 0 Å². The van der Waals surface area contributed by atoms with Crippen molar-refractivity contribution in [2.75, 3.05) is 7.05 Å². The molecule has 0 radical (unpaired) electrons. The third-order valence-corrected chi connectivity index (χ3v) is 4.44. The molecule has 1 aromatic rings. The Hall–Kier alpha value is -1.52. The molecule has 2 N–H and O–H groups in total. The Bertz CT molecular complexity index is 646. The first-order chi connectivity index (χ1) is 9.19. The van der Waals surface area contributed by atoms with Crippen molar-refractivity contribution < 1.29 is 18.1 Å². The van der Waals surface area contributed by atoms with Crippen molar-refractivity contribution in [3.05, 3.63) is 32.8 Å². The van der Waals surface area contributed by atoms with E-state index in [2.05, 4.69) is 26.0 Å². The SMILES string of the molecule is CNC(=O)C(C)NS(=O)(=O)c1cc(Br)ccc1[N+](=O)[O-]. The van der Waals surface area contributed by atoms with Crippen LogP contribution in [0.25, 0.3) is 0 Å². The molecule has 0 aliphatic rings. The third-order valence-electron chi connectivity index (χ3n) is 2.38. The summed E-state index contributed by atoms with van der Waals surface area (Å²) in [7, 11) is -2.84. The molecule has 0 aliphatic heterocycles. The molecule has 1 unspecified atom stereocenters. The van der Waals surface area contributed by atoms with Crippen molar-refractivity contribution in [3.8, 4) is 0 Å². The molecule has 0 bridgehead atoms. The standard InChI is InChI=1S/C10H12BrN3O5S/c1-6(10(15)12-2)13-20(18,19)9-5-7(11)3-4-8(9)14(16)17/h3-6,13H,1-2H3,(H,12,15). The maximum Gasteiger partial charge on any atom is 0.289 e. The number of rotatable bonds is 5. The minimum atomic E-state index is -4.20. The van der Waals surface area contributed by atoms with E-state index in [-0.39, 0.29) is 0 Å². The second kappa shape index (κ2) is 6.29. The van der Waals surface area contributed by atoms with Gasteiger partial charge in [0.15, 0.2) is 4.90 Å². The van der Waals surface area contributed by atoms with E-state index in [4.69, 9.17) is 0 Å². The lowest BCUT2D eigenvalue weighted by Gasteiger charge is -2.13. The Morgan fingerprint density at radius 2 is 2.05 bits per heavy atom. The fourth-order valence-electron chi connectivity index (χ4n) is 1.42. The monoisotopic (exact) mass is 365 g/mol. The molecule has 0 aliphatic carbocycles. The molecule has 1 amide bonds. The molecule has 10 heteroatoms. The van der Waals surface area contributed by atoms with Crippen molar-refractivity contribution in [1.29, 1.82) is 0 Å². The van der Waals surface area contributed by atoms with Gasteiger partial charge in [0.1, 0.15) is 0 Å². The van der Waals surface area contributed by atoms with Crippen molar-refractivity contribution in [2.45, 2.75) is 17.9 Å². The number of nitro groups is 1. The Labute approximate surface area is 123 Å². The molecule has 1 rings (SSSR count). The van der Waals surface area contributed by atoms with Crippen LogP contribution >= 0.6 is 15.9 Å². The maximum absolute atomic E-state index is 12.1. The van der Waals surface area contributed by atoms with Crippen molar-refractivity contribution in [1.82, 2.24) is 10.0 Å². The number of benzene rings is 1. The highest BCUT2D eigenvalue weighted by atomic mass is 79.9. The van der Waals surface area contributed by atoms with Gasteiger partial charge in [0, 0.05) is 17.6 Å². The normalized spacial score (nSPS) is 12.8. The fourth-order valence-corrected chi connectivity index (χ4v) is 3.33. The molecule has 1 aromatic carbocycles. The van der Waals surface area contributed by atoms with Gasteiger partial charge >= 0.3 is 0 Å². The lowest BCUT2D eigenvalue weighted by molar-refractivity contribution is -0.387. The first kappa shape index (κ1) is 16.5. The number of hydrogen-bond acceptors (Lipinski definition) is 5. The van der Waals surface area contributed by atoms with E-state index in [1.165, 1.54) is 20.0 Å². The first-order valence-corrected chi connectivity index (χ1v) is 7.64. The molecule has 0 heterocycles. The molecule has 0 saturated carbocycles. The second-order valence-electron chi connectivity index (χ2n) is 3.83. The number of halogens is 1. The lowest BCUT2D eigenvalue weighted by Crippen LogP contribution is -2.43. The third kappa shape index (κ3) is 3.74. The van der Waals surface area contributed by atoms with Crippen LogP contribution in [-0.4, -0.2) is 32.3 Å². The Balaban J connectivity index is 3.25. The Kier molecular flexibility index (Phi) is 5.20. The van der Waals surface area contributed by atoms with Crippen molar-refractivity contribution in [2.24, 2.45) is 0 Å². The molecule has 8 nitrogen and oxygen atoms in total. The minimum absolute atomic E-state index is 0.371. The number of hydrogen-bond donors (Lipinski definition) is 2. The van der Waals surface area contributed by atoms with Crippen LogP contribution in [0, 0.1) is 10.1 Å². The van der Waals surface area contributed by atoms with Crippen LogP contribution in [-0.2, 0) is 14.8 Å². The average molecular weight is 366 g/mol. The second-order valence-corrected chi connectivity index (χ2v) is 6.42. The maximum atomic E-state index is 12.1. The number of sulfonamides is 1. The van der Waals surface area contributed by atoms with E-state index in [0.717, 1.165) is 12.1 Å². The van der Waals surface area contributed by atoms with Crippen LogP contribution in [0.5, 0.6) is 0 Å². The Morgan fingerprint density at radius 1 is 1.45 bits per heavy atom. The molecule has 1 atom stereocenters. The van der Waals surface area contributed by atoms with E-state index in [0.29, 0.717) is 4.47 Å². The largest absolute Gasteiger partial charge is 0.358 e. The summed E-state index contributed by atoms with van der Waals surface area (Å²) >= 11 is 3.05. The summed E-state index contributed by atoms with van der Waals surface area (Å²) in [6.07, 6.45) is 0. The van der Waals surface area contributed by atoms with Gasteiger partial charge in [-0.15, -0.1) is 0 Å². The molecule has 0 spiro atoms. The van der Waals surface area contributed by atoms with Gasteiger partial charge in [-0.1, -0.05) is 15.9 Å². The number of nitrogens with one attached hydrogen (secondary N) is 2.